The fourth-order valence-corrected chi connectivity index (χ4v) is 7.38. The summed E-state index contributed by atoms with van der Waals surface area (Å²) in [7, 11) is 3.55. The Morgan fingerprint density at radius 1 is 1.08 bits per heavy atom. The molecule has 1 fully saturated rings. The molecule has 5 rings (SSSR count). The molecule has 2 N–H and O–H groups in total. The topological polar surface area (TPSA) is 93.2 Å². The minimum absolute atomic E-state index is 0.170. The van der Waals surface area contributed by atoms with Crippen molar-refractivity contribution in [3.05, 3.63) is 81.2 Å². The van der Waals surface area contributed by atoms with Crippen molar-refractivity contribution in [2.75, 3.05) is 27.3 Å². The summed E-state index contributed by atoms with van der Waals surface area (Å²) in [6, 6.07) is 15.3. The number of fused-ring (bicyclic) bond motifs is 1. The van der Waals surface area contributed by atoms with Crippen molar-refractivity contribution < 1.29 is 9.47 Å². The van der Waals surface area contributed by atoms with Gasteiger partial charge in [0.2, 0.25) is 0 Å². The number of hydrogen-bond acceptors (Lipinski definition) is 4. The Balaban J connectivity index is 1.71. The molecule has 4 atom stereocenters. The van der Waals surface area contributed by atoms with Crippen LogP contribution in [0.2, 0.25) is 0 Å². The van der Waals surface area contributed by atoms with Crippen LogP contribution in [0.3, 0.4) is 0 Å². The Morgan fingerprint density at radius 3 is 2.31 bits per heavy atom. The Hall–Kier alpha value is -2.95. The molecule has 6 heteroatoms. The number of methoxy groups -OCH3 is 2. The standard InChI is InChI=1S/C33H46N4O2/c1-32(2,26(22-13-9-7-10-14-22)15-11-8-12-16-36-37-35)24-18-29(38-5)31(30(19-24)39-6)25-17-23(21-34)27-20-28(25)33(27,3)4/h7,9-10,13-14,17-19,25-28H,8,11-12,15-16,20-21,34H2,1-6H3/t25-,26-,27+,28-/m0/s1. The third-order valence-electron chi connectivity index (χ3n) is 9.86. The van der Waals surface area contributed by atoms with E-state index in [4.69, 9.17) is 20.7 Å². The Bertz CT molecular complexity index is 1190. The van der Waals surface area contributed by atoms with Gasteiger partial charge in [0.25, 0.3) is 0 Å². The third-order valence-corrected chi connectivity index (χ3v) is 9.86. The molecule has 0 aliphatic heterocycles. The minimum atomic E-state index is -0.170. The van der Waals surface area contributed by atoms with Gasteiger partial charge in [-0.3, -0.25) is 0 Å². The van der Waals surface area contributed by atoms with Crippen molar-refractivity contribution in [2.24, 2.45) is 28.1 Å². The van der Waals surface area contributed by atoms with E-state index in [1.165, 1.54) is 23.1 Å². The van der Waals surface area contributed by atoms with E-state index in [0.717, 1.165) is 42.7 Å². The maximum Gasteiger partial charge on any atom is 0.126 e. The molecule has 2 bridgehead atoms. The van der Waals surface area contributed by atoms with Crippen LogP contribution in [0.1, 0.15) is 88.3 Å². The van der Waals surface area contributed by atoms with E-state index in [1.54, 1.807) is 14.2 Å². The van der Waals surface area contributed by atoms with Gasteiger partial charge < -0.3 is 15.2 Å². The molecule has 210 valence electrons. The fourth-order valence-electron chi connectivity index (χ4n) is 7.38. The number of nitrogens with two attached hydrogens (primary N) is 1. The normalized spacial score (nSPS) is 22.2. The number of benzene rings is 2. The van der Waals surface area contributed by atoms with Gasteiger partial charge in [-0.15, -0.1) is 0 Å². The largest absolute Gasteiger partial charge is 0.496 e. The van der Waals surface area contributed by atoms with Crippen molar-refractivity contribution >= 4 is 0 Å². The molecule has 3 aliphatic rings. The zero-order chi connectivity index (χ0) is 28.2. The summed E-state index contributed by atoms with van der Waals surface area (Å²) in [6.45, 7) is 10.6. The number of hydrogen-bond donors (Lipinski definition) is 1. The molecule has 1 saturated carbocycles. The van der Waals surface area contributed by atoms with Crippen LogP contribution < -0.4 is 15.2 Å². The lowest BCUT2D eigenvalue weighted by Crippen LogP contribution is -2.52. The first-order valence-electron chi connectivity index (χ1n) is 14.4. The molecule has 6 nitrogen and oxygen atoms in total. The summed E-state index contributed by atoms with van der Waals surface area (Å²) in [5.41, 5.74) is 19.9. The number of nitrogens with zero attached hydrogens (tertiary/aromatic N) is 3. The maximum atomic E-state index is 8.58. The average Bonchev–Trinajstić information content (AvgIpc) is 2.95. The van der Waals surface area contributed by atoms with Gasteiger partial charge in [-0.2, -0.15) is 0 Å². The molecule has 3 aliphatic carbocycles. The first-order chi connectivity index (χ1) is 18.7. The van der Waals surface area contributed by atoms with Gasteiger partial charge in [0.15, 0.2) is 0 Å². The predicted octanol–water partition coefficient (Wildman–Crippen LogP) is 8.28. The summed E-state index contributed by atoms with van der Waals surface area (Å²) in [5.74, 6) is 3.46. The van der Waals surface area contributed by atoms with Gasteiger partial charge in [0, 0.05) is 29.5 Å². The molecular weight excluding hydrogens is 484 g/mol. The van der Waals surface area contributed by atoms with Crippen molar-refractivity contribution in [3.63, 3.8) is 0 Å². The summed E-state index contributed by atoms with van der Waals surface area (Å²) in [4.78, 5) is 2.88. The zero-order valence-corrected chi connectivity index (χ0v) is 24.6. The van der Waals surface area contributed by atoms with Crippen molar-refractivity contribution in [1.82, 2.24) is 0 Å². The SMILES string of the molecule is COc1cc(C(C)(C)[C@@H](CCCCCN=[N+]=[N-])c2ccccc2)cc(OC)c1[C@H]1C=C(CN)[C@H]2C[C@@H]1C2(C)C. The third kappa shape index (κ3) is 5.55. The Kier molecular flexibility index (Phi) is 8.98. The number of allylic oxidation sites excluding steroid dienone is 1. The zero-order valence-electron chi connectivity index (χ0n) is 24.6. The molecule has 0 aromatic heterocycles. The van der Waals surface area contributed by atoms with E-state index < -0.39 is 0 Å². The molecule has 2 aromatic rings. The van der Waals surface area contributed by atoms with Gasteiger partial charge in [0.1, 0.15) is 11.5 Å². The molecule has 0 saturated heterocycles. The highest BCUT2D eigenvalue weighted by Gasteiger charge is 2.56. The average molecular weight is 531 g/mol. The smallest absolute Gasteiger partial charge is 0.126 e. The summed E-state index contributed by atoms with van der Waals surface area (Å²) < 4.78 is 12.2. The second-order valence-corrected chi connectivity index (χ2v) is 12.5. The molecular formula is C33H46N4O2. The second-order valence-electron chi connectivity index (χ2n) is 12.5. The monoisotopic (exact) mass is 530 g/mol. The Labute approximate surface area is 234 Å². The minimum Gasteiger partial charge on any atom is -0.496 e. The molecule has 2 aromatic carbocycles. The Morgan fingerprint density at radius 2 is 1.74 bits per heavy atom. The molecule has 0 radical (unpaired) electrons. The van der Waals surface area contributed by atoms with E-state index in [9.17, 15) is 0 Å². The highest BCUT2D eigenvalue weighted by molar-refractivity contribution is 5.56. The van der Waals surface area contributed by atoms with Crippen LogP contribution in [0.25, 0.3) is 10.4 Å². The van der Waals surface area contributed by atoms with Crippen LogP contribution >= 0.6 is 0 Å². The van der Waals surface area contributed by atoms with Gasteiger partial charge in [0.05, 0.1) is 14.2 Å². The summed E-state index contributed by atoms with van der Waals surface area (Å²) in [6.07, 6.45) is 7.65. The lowest BCUT2D eigenvalue weighted by atomic mass is 9.45. The van der Waals surface area contributed by atoms with E-state index in [-0.39, 0.29) is 16.7 Å². The first kappa shape index (κ1) is 29.0. The van der Waals surface area contributed by atoms with E-state index in [0.29, 0.717) is 30.8 Å². The molecule has 39 heavy (non-hydrogen) atoms. The second kappa shape index (κ2) is 12.1. The molecule has 0 amide bonds. The summed E-state index contributed by atoms with van der Waals surface area (Å²) in [5, 5.41) is 3.70. The van der Waals surface area contributed by atoms with Crippen LogP contribution in [0.5, 0.6) is 11.5 Å². The molecule has 0 spiro atoms. The van der Waals surface area contributed by atoms with Crippen LogP contribution in [0.4, 0.5) is 0 Å². The highest BCUT2D eigenvalue weighted by atomic mass is 16.5. The molecule has 0 heterocycles. The highest BCUT2D eigenvalue weighted by Crippen LogP contribution is 2.65. The van der Waals surface area contributed by atoms with E-state index in [1.807, 2.05) is 0 Å². The van der Waals surface area contributed by atoms with E-state index in [2.05, 4.69) is 86.3 Å². The van der Waals surface area contributed by atoms with Gasteiger partial charge in [-0.1, -0.05) is 87.6 Å². The van der Waals surface area contributed by atoms with Crippen molar-refractivity contribution in [2.45, 2.75) is 77.0 Å². The van der Waals surface area contributed by atoms with Gasteiger partial charge in [-0.25, -0.2) is 0 Å². The van der Waals surface area contributed by atoms with E-state index >= 15 is 0 Å². The number of azide groups is 1. The predicted molar refractivity (Wildman–Crippen MR) is 159 cm³/mol. The van der Waals surface area contributed by atoms with Crippen LogP contribution in [-0.2, 0) is 5.41 Å². The van der Waals surface area contributed by atoms with Crippen molar-refractivity contribution in [3.8, 4) is 11.5 Å². The number of unbranched alkanes of at least 4 members (excludes halogenated alkanes) is 2. The number of rotatable bonds is 13. The fraction of sp³-hybridized carbons (Fsp3) is 0.576. The summed E-state index contributed by atoms with van der Waals surface area (Å²) >= 11 is 0. The van der Waals surface area contributed by atoms with Crippen LogP contribution in [-0.4, -0.2) is 27.3 Å². The lowest BCUT2D eigenvalue weighted by molar-refractivity contribution is -0.0206. The lowest BCUT2D eigenvalue weighted by Gasteiger charge is -2.59. The molecule has 0 unspecified atom stereocenters. The van der Waals surface area contributed by atoms with Crippen LogP contribution in [0.15, 0.2) is 59.2 Å². The van der Waals surface area contributed by atoms with Gasteiger partial charge >= 0.3 is 0 Å². The van der Waals surface area contributed by atoms with Crippen molar-refractivity contribution in [1.29, 1.82) is 0 Å². The van der Waals surface area contributed by atoms with Gasteiger partial charge in [-0.05, 0) is 76.6 Å². The number of ether oxygens (including phenoxy) is 2. The maximum absolute atomic E-state index is 8.58. The van der Waals surface area contributed by atoms with Crippen LogP contribution in [0, 0.1) is 17.3 Å². The first-order valence-corrected chi connectivity index (χ1v) is 14.4. The quantitative estimate of drug-likeness (QED) is 0.0928.